The summed E-state index contributed by atoms with van der Waals surface area (Å²) in [7, 11) is 2.83. The fraction of sp³-hybridized carbons (Fsp3) is 0.200. The highest BCUT2D eigenvalue weighted by Gasteiger charge is 2.11. The molecule has 0 nitrogen and oxygen atoms in total. The Bertz CT molecular complexity index is 313. The van der Waals surface area contributed by atoms with Crippen molar-refractivity contribution in [3.05, 3.63) is 41.0 Å². The van der Waals surface area contributed by atoms with E-state index in [-0.39, 0.29) is 0 Å². The molecule has 0 spiro atoms. The lowest BCUT2D eigenvalue weighted by atomic mass is 10.1. The van der Waals surface area contributed by atoms with E-state index >= 15 is 0 Å². The first-order valence-electron chi connectivity index (χ1n) is 3.82. The van der Waals surface area contributed by atoms with Crippen molar-refractivity contribution in [2.24, 2.45) is 0 Å². The number of aryl methyl sites for hydroxylation is 1. The summed E-state index contributed by atoms with van der Waals surface area (Å²) in [4.78, 5) is 0. The molecule has 0 saturated carbocycles. The van der Waals surface area contributed by atoms with Gasteiger partial charge in [-0.3, -0.25) is 0 Å². The molecule has 2 atom stereocenters. The molecule has 56 valence electrons. The highest BCUT2D eigenvalue weighted by atomic mass is 31.0. The largest absolute Gasteiger partial charge is 0.126 e. The van der Waals surface area contributed by atoms with E-state index in [2.05, 4.69) is 46.5 Å². The van der Waals surface area contributed by atoms with Crippen LogP contribution in [0.5, 0.6) is 0 Å². The number of benzene rings is 1. The number of allylic oxidation sites excluding steroid dienone is 1. The molecule has 1 aromatic rings. The fourth-order valence-electron chi connectivity index (χ4n) is 1.45. The van der Waals surface area contributed by atoms with Gasteiger partial charge in [-0.1, -0.05) is 35.9 Å². The second-order valence-corrected chi connectivity index (χ2v) is 3.74. The Hall–Kier alpha value is -0.610. The molecule has 1 heteroatoms. The summed E-state index contributed by atoms with van der Waals surface area (Å²) in [6.45, 7) is 2.13. The van der Waals surface area contributed by atoms with Crippen molar-refractivity contribution in [3.8, 4) is 0 Å². The van der Waals surface area contributed by atoms with Gasteiger partial charge in [0.05, 0.1) is 0 Å². The van der Waals surface area contributed by atoms with Crippen LogP contribution in [0, 0.1) is 6.92 Å². The van der Waals surface area contributed by atoms with Crippen LogP contribution in [0.3, 0.4) is 0 Å². The van der Waals surface area contributed by atoms with E-state index in [1.54, 1.807) is 0 Å². The molecule has 0 N–H and O–H groups in total. The number of hydrogen-bond acceptors (Lipinski definition) is 0. The molecule has 0 bridgehead atoms. The van der Waals surface area contributed by atoms with Gasteiger partial charge in [0.2, 0.25) is 0 Å². The quantitative estimate of drug-likeness (QED) is 0.514. The first-order chi connectivity index (χ1) is 5.27. The Morgan fingerprint density at radius 3 is 3.00 bits per heavy atom. The van der Waals surface area contributed by atoms with E-state index in [9.17, 15) is 0 Å². The summed E-state index contributed by atoms with van der Waals surface area (Å²) in [5.74, 6) is 0. The van der Waals surface area contributed by atoms with Gasteiger partial charge in [0, 0.05) is 5.66 Å². The minimum Gasteiger partial charge on any atom is -0.126 e. The third kappa shape index (κ3) is 1.12. The molecular formula is C10H11P. The molecule has 0 saturated heterocycles. The zero-order valence-corrected chi connectivity index (χ0v) is 7.70. The van der Waals surface area contributed by atoms with E-state index in [4.69, 9.17) is 0 Å². The molecule has 0 radical (unpaired) electrons. The zero-order valence-electron chi connectivity index (χ0n) is 6.54. The van der Waals surface area contributed by atoms with Gasteiger partial charge in [0.25, 0.3) is 0 Å². The molecular weight excluding hydrogens is 151 g/mol. The molecule has 2 rings (SSSR count). The average Bonchev–Trinajstić information content (AvgIpc) is 2.32. The molecule has 0 aromatic heterocycles. The van der Waals surface area contributed by atoms with Crippen molar-refractivity contribution in [1.82, 2.24) is 0 Å². The topological polar surface area (TPSA) is 0 Å². The number of hydrogen-bond donors (Lipinski definition) is 0. The molecule has 1 aliphatic rings. The van der Waals surface area contributed by atoms with Crippen molar-refractivity contribution in [3.63, 3.8) is 0 Å². The Morgan fingerprint density at radius 2 is 2.18 bits per heavy atom. The minimum absolute atomic E-state index is 0.533. The highest BCUT2D eigenvalue weighted by Crippen LogP contribution is 2.34. The van der Waals surface area contributed by atoms with Crippen molar-refractivity contribution in [2.75, 3.05) is 0 Å². The van der Waals surface area contributed by atoms with Gasteiger partial charge >= 0.3 is 0 Å². The summed E-state index contributed by atoms with van der Waals surface area (Å²) in [6, 6.07) is 6.61. The normalized spacial score (nSPS) is 20.4. The third-order valence-corrected chi connectivity index (χ3v) is 2.67. The van der Waals surface area contributed by atoms with E-state index < -0.39 is 0 Å². The number of fused-ring (bicyclic) bond motifs is 1. The molecule has 0 aliphatic heterocycles. The Balaban J connectivity index is 2.58. The molecule has 11 heavy (non-hydrogen) atoms. The maximum absolute atomic E-state index is 2.83. The van der Waals surface area contributed by atoms with Crippen LogP contribution < -0.4 is 0 Å². The van der Waals surface area contributed by atoms with Gasteiger partial charge in [-0.15, -0.1) is 9.24 Å². The van der Waals surface area contributed by atoms with Gasteiger partial charge < -0.3 is 0 Å². The van der Waals surface area contributed by atoms with E-state index in [0.717, 1.165) is 0 Å². The van der Waals surface area contributed by atoms with Gasteiger partial charge in [-0.05, 0) is 18.1 Å². The van der Waals surface area contributed by atoms with E-state index in [0.29, 0.717) is 5.66 Å². The summed E-state index contributed by atoms with van der Waals surface area (Å²) >= 11 is 0. The lowest BCUT2D eigenvalue weighted by molar-refractivity contribution is 1.26. The Kier molecular flexibility index (Phi) is 1.58. The smallest absolute Gasteiger partial charge is 0.0172 e. The monoisotopic (exact) mass is 162 g/mol. The first-order valence-corrected chi connectivity index (χ1v) is 4.48. The number of rotatable bonds is 0. The zero-order chi connectivity index (χ0) is 7.84. The Labute approximate surface area is 69.5 Å². The average molecular weight is 162 g/mol. The van der Waals surface area contributed by atoms with Crippen molar-refractivity contribution < 1.29 is 0 Å². The molecule has 1 aromatic carbocycles. The summed E-state index contributed by atoms with van der Waals surface area (Å²) in [6.07, 6.45) is 4.41. The van der Waals surface area contributed by atoms with Gasteiger partial charge in [-0.25, -0.2) is 0 Å². The van der Waals surface area contributed by atoms with Crippen molar-refractivity contribution in [1.29, 1.82) is 0 Å². The summed E-state index contributed by atoms with van der Waals surface area (Å²) in [5, 5.41) is 0. The highest BCUT2D eigenvalue weighted by molar-refractivity contribution is 7.17. The molecule has 0 heterocycles. The third-order valence-electron chi connectivity index (χ3n) is 2.08. The van der Waals surface area contributed by atoms with Gasteiger partial charge in [0.15, 0.2) is 0 Å². The van der Waals surface area contributed by atoms with Gasteiger partial charge in [-0.2, -0.15) is 0 Å². The minimum atomic E-state index is 0.533. The maximum atomic E-state index is 2.83. The standard InChI is InChI=1S/C10H11P/c1-7-2-4-9-8(6-7)3-5-10(9)11/h2-6,10H,11H2,1H3. The molecule has 0 amide bonds. The van der Waals surface area contributed by atoms with E-state index in [1.165, 1.54) is 16.7 Å². The first kappa shape index (κ1) is 7.06. The van der Waals surface area contributed by atoms with Crippen LogP contribution in [-0.4, -0.2) is 0 Å². The van der Waals surface area contributed by atoms with Crippen LogP contribution in [0.4, 0.5) is 0 Å². The summed E-state index contributed by atoms with van der Waals surface area (Å²) in [5.41, 5.74) is 4.68. The predicted molar refractivity (Wildman–Crippen MR) is 52.7 cm³/mol. The molecule has 1 aliphatic carbocycles. The van der Waals surface area contributed by atoms with Crippen LogP contribution in [0.25, 0.3) is 6.08 Å². The lowest BCUT2D eigenvalue weighted by Gasteiger charge is -2.03. The van der Waals surface area contributed by atoms with Gasteiger partial charge in [0.1, 0.15) is 0 Å². The van der Waals surface area contributed by atoms with Crippen LogP contribution in [0.2, 0.25) is 0 Å². The second kappa shape index (κ2) is 2.46. The fourth-order valence-corrected chi connectivity index (χ4v) is 1.87. The second-order valence-electron chi connectivity index (χ2n) is 3.02. The van der Waals surface area contributed by atoms with Crippen LogP contribution in [0.1, 0.15) is 22.3 Å². The van der Waals surface area contributed by atoms with Crippen LogP contribution in [0.15, 0.2) is 24.3 Å². The van der Waals surface area contributed by atoms with Crippen LogP contribution >= 0.6 is 9.24 Å². The molecule has 0 fully saturated rings. The van der Waals surface area contributed by atoms with Crippen LogP contribution in [-0.2, 0) is 0 Å². The molecule has 2 unspecified atom stereocenters. The van der Waals surface area contributed by atoms with Crippen molar-refractivity contribution >= 4 is 15.3 Å². The lowest BCUT2D eigenvalue weighted by Crippen LogP contribution is -1.84. The Morgan fingerprint density at radius 1 is 1.36 bits per heavy atom. The predicted octanol–water partition coefficient (Wildman–Crippen LogP) is 2.94. The summed E-state index contributed by atoms with van der Waals surface area (Å²) < 4.78 is 0. The SMILES string of the molecule is Cc1ccc2c(c1)C=CC2P. The van der Waals surface area contributed by atoms with E-state index in [1.807, 2.05) is 0 Å². The maximum Gasteiger partial charge on any atom is 0.0172 e. The van der Waals surface area contributed by atoms with Crippen molar-refractivity contribution in [2.45, 2.75) is 12.6 Å².